The molecule has 5 fully saturated rings. The van der Waals surface area contributed by atoms with Crippen LogP contribution >= 0.6 is 0 Å². The Morgan fingerprint density at radius 2 is 1.76 bits per heavy atom. The second-order valence-electron chi connectivity index (χ2n) is 16.1. The molecule has 0 amide bonds. The SMILES string of the molecule is C=Cc1ccc([C@H]2C[C@@]3(C)[C@@H](CC[C@@]3(O)/C=C\COC3CCCCO3)[C@@H]3CC[C@@]4(O)CC5(CCC4=C32)OCC(C)(C)CO5)cc1. The van der Waals surface area contributed by atoms with Crippen molar-refractivity contribution in [2.45, 2.75) is 121 Å². The predicted molar refractivity (Wildman–Crippen MR) is 175 cm³/mol. The van der Waals surface area contributed by atoms with E-state index in [0.29, 0.717) is 44.5 Å². The maximum absolute atomic E-state index is 12.5. The van der Waals surface area contributed by atoms with Gasteiger partial charge in [-0.25, -0.2) is 0 Å². The summed E-state index contributed by atoms with van der Waals surface area (Å²) in [6.45, 7) is 13.2. The fraction of sp³-hybridized carbons (Fsp3) is 0.692. The van der Waals surface area contributed by atoms with Crippen LogP contribution in [-0.2, 0) is 18.9 Å². The highest BCUT2D eigenvalue weighted by molar-refractivity contribution is 5.50. The Morgan fingerprint density at radius 1 is 0.978 bits per heavy atom. The van der Waals surface area contributed by atoms with Gasteiger partial charge in [-0.2, -0.15) is 0 Å². The molecule has 7 atom stereocenters. The van der Waals surface area contributed by atoms with Crippen molar-refractivity contribution in [1.29, 1.82) is 0 Å². The van der Waals surface area contributed by atoms with E-state index in [1.165, 1.54) is 16.7 Å². The number of hydrogen-bond acceptors (Lipinski definition) is 6. The average molecular weight is 619 g/mol. The molecule has 0 radical (unpaired) electrons. The fourth-order valence-corrected chi connectivity index (χ4v) is 9.98. The zero-order valence-corrected chi connectivity index (χ0v) is 27.7. The van der Waals surface area contributed by atoms with Crippen molar-refractivity contribution in [1.82, 2.24) is 0 Å². The standard InChI is InChI=1S/C39H54O6/c1-5-27-10-12-28(13-11-27)30-23-36(4)31(15-19-38(36,41)17-8-22-43-33-9-6-7-21-42-33)29-14-18-37(40)24-39(20-16-32(37)34(29)30)44-25-35(2,3)26-45-39/h5,8,10-13,17,29-31,33,40-41H,1,6-7,9,14-16,18-26H2,2-4H3/b17-8-/t29-,30+,31-,33?,36-,37+,38-/m0/s1. The Hall–Kier alpha value is -1.80. The van der Waals surface area contributed by atoms with Gasteiger partial charge in [0.2, 0.25) is 0 Å². The molecular weight excluding hydrogens is 564 g/mol. The summed E-state index contributed by atoms with van der Waals surface area (Å²) in [5.74, 6) is 0.111. The van der Waals surface area contributed by atoms with E-state index in [0.717, 1.165) is 70.0 Å². The van der Waals surface area contributed by atoms with Crippen LogP contribution in [0, 0.1) is 22.7 Å². The molecule has 2 aliphatic heterocycles. The van der Waals surface area contributed by atoms with Crippen LogP contribution in [0.2, 0.25) is 0 Å². The molecule has 6 heteroatoms. The Balaban J connectivity index is 1.21. The molecule has 2 heterocycles. The Morgan fingerprint density at radius 3 is 2.47 bits per heavy atom. The van der Waals surface area contributed by atoms with Crippen LogP contribution in [0.15, 0.2) is 54.1 Å². The van der Waals surface area contributed by atoms with Gasteiger partial charge in [0.25, 0.3) is 0 Å². The van der Waals surface area contributed by atoms with Gasteiger partial charge < -0.3 is 29.2 Å². The van der Waals surface area contributed by atoms with E-state index in [1.807, 2.05) is 12.2 Å². The molecule has 7 rings (SSSR count). The first kappa shape index (κ1) is 31.8. The molecule has 0 bridgehead atoms. The highest BCUT2D eigenvalue weighted by atomic mass is 16.7. The largest absolute Gasteiger partial charge is 0.385 e. The lowest BCUT2D eigenvalue weighted by molar-refractivity contribution is -0.322. The van der Waals surface area contributed by atoms with E-state index in [1.54, 1.807) is 0 Å². The van der Waals surface area contributed by atoms with E-state index in [-0.39, 0.29) is 23.0 Å². The Bertz CT molecular complexity index is 1310. The van der Waals surface area contributed by atoms with E-state index >= 15 is 0 Å². The summed E-state index contributed by atoms with van der Waals surface area (Å²) in [6, 6.07) is 8.79. The molecule has 0 aromatic heterocycles. The van der Waals surface area contributed by atoms with Crippen molar-refractivity contribution in [3.05, 3.63) is 65.3 Å². The minimum atomic E-state index is -0.925. The third-order valence-electron chi connectivity index (χ3n) is 12.6. The van der Waals surface area contributed by atoms with E-state index in [9.17, 15) is 10.2 Å². The minimum absolute atomic E-state index is 0.00964. The smallest absolute Gasteiger partial charge is 0.171 e. The van der Waals surface area contributed by atoms with Crippen LogP contribution < -0.4 is 0 Å². The van der Waals surface area contributed by atoms with Crippen molar-refractivity contribution in [3.63, 3.8) is 0 Å². The van der Waals surface area contributed by atoms with Gasteiger partial charge in [-0.3, -0.25) is 0 Å². The first-order valence-electron chi connectivity index (χ1n) is 17.6. The summed E-state index contributed by atoms with van der Waals surface area (Å²) in [7, 11) is 0. The van der Waals surface area contributed by atoms with Crippen LogP contribution in [0.3, 0.4) is 0 Å². The molecule has 1 aromatic carbocycles. The molecule has 4 aliphatic carbocycles. The Kier molecular flexibility index (Phi) is 8.27. The number of rotatable bonds is 6. The van der Waals surface area contributed by atoms with Gasteiger partial charge in [-0.1, -0.05) is 75.4 Å². The molecule has 1 spiro atoms. The van der Waals surface area contributed by atoms with Crippen LogP contribution in [0.5, 0.6) is 0 Å². The lowest BCUT2D eigenvalue weighted by Crippen LogP contribution is -2.58. The summed E-state index contributed by atoms with van der Waals surface area (Å²) in [5.41, 5.74) is 2.89. The van der Waals surface area contributed by atoms with E-state index in [4.69, 9.17) is 18.9 Å². The lowest BCUT2D eigenvalue weighted by atomic mass is 9.49. The van der Waals surface area contributed by atoms with Crippen LogP contribution in [0.1, 0.15) is 108 Å². The maximum atomic E-state index is 12.5. The number of benzene rings is 1. The molecular formula is C39H54O6. The second-order valence-corrected chi connectivity index (χ2v) is 16.1. The van der Waals surface area contributed by atoms with Crippen molar-refractivity contribution in [2.75, 3.05) is 26.4 Å². The van der Waals surface area contributed by atoms with Crippen LogP contribution in [-0.4, -0.2) is 59.9 Å². The molecule has 6 aliphatic rings. The number of aliphatic hydroxyl groups is 2. The summed E-state index contributed by atoms with van der Waals surface area (Å²) in [4.78, 5) is 0. The summed E-state index contributed by atoms with van der Waals surface area (Å²) < 4.78 is 24.6. The topological polar surface area (TPSA) is 77.4 Å². The molecule has 2 saturated heterocycles. The predicted octanol–water partition coefficient (Wildman–Crippen LogP) is 7.45. The normalized spacial score (nSPS) is 40.6. The quantitative estimate of drug-likeness (QED) is 0.323. The summed E-state index contributed by atoms with van der Waals surface area (Å²) in [6.07, 6.45) is 15.3. The monoisotopic (exact) mass is 618 g/mol. The highest BCUT2D eigenvalue weighted by Crippen LogP contribution is 2.68. The maximum Gasteiger partial charge on any atom is 0.171 e. The zero-order valence-electron chi connectivity index (χ0n) is 27.7. The van der Waals surface area contributed by atoms with Crippen LogP contribution in [0.4, 0.5) is 0 Å². The molecule has 3 saturated carbocycles. The van der Waals surface area contributed by atoms with Crippen molar-refractivity contribution in [3.8, 4) is 0 Å². The molecule has 1 unspecified atom stereocenters. The van der Waals surface area contributed by atoms with Crippen molar-refractivity contribution < 1.29 is 29.2 Å². The zero-order chi connectivity index (χ0) is 31.5. The first-order chi connectivity index (χ1) is 21.5. The third kappa shape index (κ3) is 5.62. The molecule has 1 aromatic rings. The summed E-state index contributed by atoms with van der Waals surface area (Å²) >= 11 is 0. The van der Waals surface area contributed by atoms with Gasteiger partial charge in [0, 0.05) is 36.2 Å². The number of ether oxygens (including phenoxy) is 4. The van der Waals surface area contributed by atoms with Gasteiger partial charge in [-0.05, 0) is 86.3 Å². The van der Waals surface area contributed by atoms with Crippen LogP contribution in [0.25, 0.3) is 6.08 Å². The fourth-order valence-electron chi connectivity index (χ4n) is 9.98. The average Bonchev–Trinajstić information content (AvgIpc) is 3.30. The van der Waals surface area contributed by atoms with E-state index < -0.39 is 17.0 Å². The van der Waals surface area contributed by atoms with E-state index in [2.05, 4.69) is 57.7 Å². The molecule has 6 nitrogen and oxygen atoms in total. The van der Waals surface area contributed by atoms with Gasteiger partial charge in [0.1, 0.15) is 0 Å². The summed E-state index contributed by atoms with van der Waals surface area (Å²) in [5, 5.41) is 24.9. The third-order valence-corrected chi connectivity index (χ3v) is 12.6. The van der Waals surface area contributed by atoms with Gasteiger partial charge in [0.05, 0.1) is 31.0 Å². The van der Waals surface area contributed by atoms with Crippen molar-refractivity contribution >= 4 is 6.08 Å². The molecule has 45 heavy (non-hydrogen) atoms. The van der Waals surface area contributed by atoms with Gasteiger partial charge in [0.15, 0.2) is 12.1 Å². The Labute approximate surface area is 269 Å². The first-order valence-corrected chi connectivity index (χ1v) is 17.6. The van der Waals surface area contributed by atoms with Gasteiger partial charge in [-0.15, -0.1) is 0 Å². The minimum Gasteiger partial charge on any atom is -0.385 e. The number of fused-ring (bicyclic) bond motifs is 4. The lowest BCUT2D eigenvalue weighted by Gasteiger charge is -2.58. The molecule has 2 N–H and O–H groups in total. The second kappa shape index (κ2) is 11.7. The van der Waals surface area contributed by atoms with Crippen molar-refractivity contribution in [2.24, 2.45) is 22.7 Å². The highest BCUT2D eigenvalue weighted by Gasteiger charge is 2.64. The molecule has 246 valence electrons. The number of hydrogen-bond donors (Lipinski definition) is 2. The number of allylic oxidation sites excluding steroid dienone is 1. The van der Waals surface area contributed by atoms with Gasteiger partial charge >= 0.3 is 0 Å².